The molecule has 2 unspecified atom stereocenters. The van der Waals surface area contributed by atoms with Gasteiger partial charge in [0.25, 0.3) is 0 Å². The summed E-state index contributed by atoms with van der Waals surface area (Å²) in [5.74, 6) is 0.903. The molecule has 0 amide bonds. The van der Waals surface area contributed by atoms with Crippen molar-refractivity contribution >= 4 is 22.6 Å². The molecule has 0 aliphatic heterocycles. The summed E-state index contributed by atoms with van der Waals surface area (Å²) in [6, 6.07) is 8.16. The summed E-state index contributed by atoms with van der Waals surface area (Å²) in [7, 11) is 0. The van der Waals surface area contributed by atoms with Crippen LogP contribution in [0.4, 0.5) is 0 Å². The summed E-state index contributed by atoms with van der Waals surface area (Å²) in [5.41, 5.74) is 6.20. The highest BCUT2D eigenvalue weighted by Gasteiger charge is 2.31. The Morgan fingerprint density at radius 3 is 2.47 bits per heavy atom. The minimum atomic E-state index is 0.0331. The van der Waals surface area contributed by atoms with Crippen LogP contribution in [0.5, 0.6) is 5.75 Å². The molecule has 2 atom stereocenters. The predicted octanol–water partition coefficient (Wildman–Crippen LogP) is 3.82. The van der Waals surface area contributed by atoms with E-state index in [0.29, 0.717) is 0 Å². The van der Waals surface area contributed by atoms with Gasteiger partial charge < -0.3 is 10.5 Å². The number of nitrogens with two attached hydrogens (primary N) is 1. The highest BCUT2D eigenvalue weighted by molar-refractivity contribution is 14.1. The van der Waals surface area contributed by atoms with E-state index in [1.807, 2.05) is 18.2 Å². The predicted molar refractivity (Wildman–Crippen MR) is 81.3 cm³/mol. The Labute approximate surface area is 118 Å². The van der Waals surface area contributed by atoms with Crippen LogP contribution in [0.2, 0.25) is 0 Å². The van der Waals surface area contributed by atoms with Crippen LogP contribution in [0, 0.1) is 8.99 Å². The van der Waals surface area contributed by atoms with Gasteiger partial charge in [-0.05, 0) is 47.2 Å². The van der Waals surface area contributed by atoms with Gasteiger partial charge in [-0.25, -0.2) is 0 Å². The molecule has 0 aliphatic carbocycles. The van der Waals surface area contributed by atoms with Crippen LogP contribution < -0.4 is 10.5 Å². The van der Waals surface area contributed by atoms with E-state index in [1.54, 1.807) is 0 Å². The zero-order chi connectivity index (χ0) is 13.1. The first-order valence-electron chi connectivity index (χ1n) is 6.02. The van der Waals surface area contributed by atoms with Crippen LogP contribution in [0.3, 0.4) is 0 Å². The quantitative estimate of drug-likeness (QED) is 0.841. The van der Waals surface area contributed by atoms with E-state index < -0.39 is 0 Å². The summed E-state index contributed by atoms with van der Waals surface area (Å²) in [5, 5.41) is 0. The molecule has 96 valence electrons. The van der Waals surface area contributed by atoms with Gasteiger partial charge in [-0.3, -0.25) is 0 Å². The molecule has 0 spiro atoms. The van der Waals surface area contributed by atoms with Gasteiger partial charge in [-0.15, -0.1) is 0 Å². The number of hydrogen-bond donors (Lipinski definition) is 1. The molecule has 1 aromatic carbocycles. The Bertz CT molecular complexity index is 359. The Morgan fingerprint density at radius 1 is 1.35 bits per heavy atom. The summed E-state index contributed by atoms with van der Waals surface area (Å²) in [6.45, 7) is 8.60. The molecule has 1 aromatic rings. The average Bonchev–Trinajstić information content (AvgIpc) is 2.23. The average molecular weight is 347 g/mol. The molecular weight excluding hydrogens is 325 g/mol. The standard InChI is InChI=1S/C14H22INO/c1-5-12(16)13(14(2,3)4)17-11-8-6-7-10(15)9-11/h6-9,12-13H,5,16H2,1-4H3. The smallest absolute Gasteiger partial charge is 0.120 e. The minimum absolute atomic E-state index is 0.0331. The first kappa shape index (κ1) is 14.8. The number of benzene rings is 1. The van der Waals surface area contributed by atoms with Crippen molar-refractivity contribution in [2.24, 2.45) is 11.1 Å². The van der Waals surface area contributed by atoms with Gasteiger partial charge in [0, 0.05) is 15.0 Å². The van der Waals surface area contributed by atoms with Gasteiger partial charge in [0.05, 0.1) is 0 Å². The van der Waals surface area contributed by atoms with Gasteiger partial charge in [0.2, 0.25) is 0 Å². The van der Waals surface area contributed by atoms with Crippen LogP contribution in [0.15, 0.2) is 24.3 Å². The molecule has 0 bridgehead atoms. The van der Waals surface area contributed by atoms with E-state index >= 15 is 0 Å². The number of ether oxygens (including phenoxy) is 1. The topological polar surface area (TPSA) is 35.2 Å². The summed E-state index contributed by atoms with van der Waals surface area (Å²) >= 11 is 2.29. The fourth-order valence-corrected chi connectivity index (χ4v) is 2.32. The second-order valence-electron chi connectivity index (χ2n) is 5.43. The number of rotatable bonds is 4. The Balaban J connectivity index is 2.87. The van der Waals surface area contributed by atoms with Crippen molar-refractivity contribution in [2.45, 2.75) is 46.3 Å². The summed E-state index contributed by atoms with van der Waals surface area (Å²) in [4.78, 5) is 0. The van der Waals surface area contributed by atoms with Crippen molar-refractivity contribution in [1.29, 1.82) is 0 Å². The third kappa shape index (κ3) is 4.47. The first-order chi connectivity index (χ1) is 7.84. The van der Waals surface area contributed by atoms with Crippen LogP contribution >= 0.6 is 22.6 Å². The zero-order valence-electron chi connectivity index (χ0n) is 11.0. The Hall–Kier alpha value is -0.290. The SMILES string of the molecule is CCC(N)C(Oc1cccc(I)c1)C(C)(C)C. The van der Waals surface area contributed by atoms with Crippen molar-refractivity contribution in [1.82, 2.24) is 0 Å². The maximum atomic E-state index is 6.16. The molecular formula is C14H22INO. The molecule has 0 radical (unpaired) electrons. The van der Waals surface area contributed by atoms with E-state index in [-0.39, 0.29) is 17.6 Å². The normalized spacial score (nSPS) is 15.4. The minimum Gasteiger partial charge on any atom is -0.488 e. The third-order valence-electron chi connectivity index (χ3n) is 2.77. The van der Waals surface area contributed by atoms with E-state index in [2.05, 4.69) is 56.4 Å². The van der Waals surface area contributed by atoms with Crippen molar-refractivity contribution in [2.75, 3.05) is 0 Å². The molecule has 0 saturated heterocycles. The summed E-state index contributed by atoms with van der Waals surface area (Å²) < 4.78 is 7.26. The van der Waals surface area contributed by atoms with E-state index in [0.717, 1.165) is 12.2 Å². The molecule has 3 heteroatoms. The number of halogens is 1. The van der Waals surface area contributed by atoms with Gasteiger partial charge >= 0.3 is 0 Å². The second-order valence-corrected chi connectivity index (χ2v) is 6.68. The molecule has 0 saturated carbocycles. The van der Waals surface area contributed by atoms with Crippen molar-refractivity contribution in [3.63, 3.8) is 0 Å². The fourth-order valence-electron chi connectivity index (χ4n) is 1.81. The molecule has 2 nitrogen and oxygen atoms in total. The molecule has 0 heterocycles. The van der Waals surface area contributed by atoms with E-state index in [9.17, 15) is 0 Å². The molecule has 0 aromatic heterocycles. The highest BCUT2D eigenvalue weighted by Crippen LogP contribution is 2.28. The highest BCUT2D eigenvalue weighted by atomic mass is 127. The molecule has 2 N–H and O–H groups in total. The monoisotopic (exact) mass is 347 g/mol. The lowest BCUT2D eigenvalue weighted by Gasteiger charge is -2.35. The largest absolute Gasteiger partial charge is 0.488 e. The fraction of sp³-hybridized carbons (Fsp3) is 0.571. The van der Waals surface area contributed by atoms with E-state index in [1.165, 1.54) is 3.57 Å². The van der Waals surface area contributed by atoms with Crippen LogP contribution in [-0.4, -0.2) is 12.1 Å². The Morgan fingerprint density at radius 2 is 2.00 bits per heavy atom. The van der Waals surface area contributed by atoms with Gasteiger partial charge in [-0.2, -0.15) is 0 Å². The molecule has 1 rings (SSSR count). The molecule has 0 aliphatic rings. The van der Waals surface area contributed by atoms with Crippen LogP contribution in [0.1, 0.15) is 34.1 Å². The van der Waals surface area contributed by atoms with Crippen LogP contribution in [0.25, 0.3) is 0 Å². The third-order valence-corrected chi connectivity index (χ3v) is 3.44. The maximum absolute atomic E-state index is 6.16. The lowest BCUT2D eigenvalue weighted by molar-refractivity contribution is 0.0621. The van der Waals surface area contributed by atoms with Gasteiger partial charge in [0.1, 0.15) is 11.9 Å². The van der Waals surface area contributed by atoms with Crippen molar-refractivity contribution in [3.8, 4) is 5.75 Å². The molecule has 17 heavy (non-hydrogen) atoms. The number of hydrogen-bond acceptors (Lipinski definition) is 2. The van der Waals surface area contributed by atoms with Gasteiger partial charge in [-0.1, -0.05) is 33.8 Å². The first-order valence-corrected chi connectivity index (χ1v) is 7.10. The van der Waals surface area contributed by atoms with Crippen molar-refractivity contribution in [3.05, 3.63) is 27.8 Å². The van der Waals surface area contributed by atoms with E-state index in [4.69, 9.17) is 10.5 Å². The van der Waals surface area contributed by atoms with Crippen LogP contribution in [-0.2, 0) is 0 Å². The maximum Gasteiger partial charge on any atom is 0.120 e. The lowest BCUT2D eigenvalue weighted by Crippen LogP contribution is -2.47. The summed E-state index contributed by atoms with van der Waals surface area (Å²) in [6.07, 6.45) is 0.956. The second kappa shape index (κ2) is 6.05. The van der Waals surface area contributed by atoms with Crippen molar-refractivity contribution < 1.29 is 4.74 Å². The zero-order valence-corrected chi connectivity index (χ0v) is 13.2. The van der Waals surface area contributed by atoms with Gasteiger partial charge in [0.15, 0.2) is 0 Å². The lowest BCUT2D eigenvalue weighted by atomic mass is 9.84. The Kier molecular flexibility index (Phi) is 5.25. The molecule has 0 fully saturated rings.